The number of hydrogen-bond acceptors (Lipinski definition) is 4. The van der Waals surface area contributed by atoms with Crippen LogP contribution in [0.4, 0.5) is 5.69 Å². The number of hydrogen-bond donors (Lipinski definition) is 0. The lowest BCUT2D eigenvalue weighted by Gasteiger charge is -2.31. The van der Waals surface area contributed by atoms with E-state index in [0.29, 0.717) is 26.0 Å². The van der Waals surface area contributed by atoms with Gasteiger partial charge in [0.25, 0.3) is 0 Å². The van der Waals surface area contributed by atoms with Crippen LogP contribution in [0.15, 0.2) is 48.5 Å². The zero-order valence-corrected chi connectivity index (χ0v) is 19.4. The number of benzene rings is 2. The fourth-order valence-electron chi connectivity index (χ4n) is 3.76. The smallest absolute Gasteiger partial charge is 0.222 e. The molecule has 1 heterocycles. The molecule has 0 radical (unpaired) electrons. The molecular formula is C26H36N2O3. The van der Waals surface area contributed by atoms with Gasteiger partial charge in [-0.3, -0.25) is 4.79 Å². The minimum Gasteiger partial charge on any atom is -0.494 e. The fourth-order valence-corrected chi connectivity index (χ4v) is 3.76. The number of carbonyl (C=O) groups excluding carboxylic acids is 1. The molecule has 1 fully saturated rings. The molecule has 1 aliphatic rings. The Hall–Kier alpha value is -2.53. The SMILES string of the molecule is CN(Cc1ccccc1N1CCOCC1)C(=O)CCCOc1ccc(C(C)(C)C)cc1. The van der Waals surface area contributed by atoms with Gasteiger partial charge in [-0.05, 0) is 41.2 Å². The molecule has 0 atom stereocenters. The van der Waals surface area contributed by atoms with E-state index in [2.05, 4.69) is 56.0 Å². The van der Waals surface area contributed by atoms with Gasteiger partial charge in [0.15, 0.2) is 0 Å². The Morgan fingerprint density at radius 3 is 2.42 bits per heavy atom. The Balaban J connectivity index is 1.45. The van der Waals surface area contributed by atoms with E-state index >= 15 is 0 Å². The average molecular weight is 425 g/mol. The summed E-state index contributed by atoms with van der Waals surface area (Å²) in [5, 5.41) is 0. The molecule has 5 nitrogen and oxygen atoms in total. The first kappa shape index (κ1) is 23.1. The molecule has 168 valence electrons. The van der Waals surface area contributed by atoms with E-state index in [0.717, 1.165) is 32.1 Å². The molecule has 0 bridgehead atoms. The Morgan fingerprint density at radius 1 is 1.06 bits per heavy atom. The zero-order valence-electron chi connectivity index (χ0n) is 19.4. The van der Waals surface area contributed by atoms with Gasteiger partial charge in [0.2, 0.25) is 5.91 Å². The summed E-state index contributed by atoms with van der Waals surface area (Å²) >= 11 is 0. The van der Waals surface area contributed by atoms with Gasteiger partial charge < -0.3 is 19.3 Å². The van der Waals surface area contributed by atoms with Crippen molar-refractivity contribution in [3.63, 3.8) is 0 Å². The lowest BCUT2D eigenvalue weighted by Crippen LogP contribution is -2.37. The summed E-state index contributed by atoms with van der Waals surface area (Å²) in [6, 6.07) is 16.6. The summed E-state index contributed by atoms with van der Waals surface area (Å²) in [5.74, 6) is 0.997. The number of anilines is 1. The van der Waals surface area contributed by atoms with Gasteiger partial charge in [0, 0.05) is 38.8 Å². The molecule has 0 saturated carbocycles. The summed E-state index contributed by atoms with van der Waals surface area (Å²) in [5.41, 5.74) is 3.80. The van der Waals surface area contributed by atoms with Crippen molar-refractivity contribution in [2.75, 3.05) is 44.9 Å². The minimum absolute atomic E-state index is 0.135. The highest BCUT2D eigenvalue weighted by Crippen LogP contribution is 2.25. The third-order valence-electron chi connectivity index (χ3n) is 5.70. The van der Waals surface area contributed by atoms with Crippen LogP contribution in [-0.4, -0.2) is 50.8 Å². The molecule has 0 spiro atoms. The number of rotatable bonds is 8. The number of ether oxygens (including phenoxy) is 2. The quantitative estimate of drug-likeness (QED) is 0.579. The number of nitrogens with zero attached hydrogens (tertiary/aromatic N) is 2. The summed E-state index contributed by atoms with van der Waals surface area (Å²) in [6.07, 6.45) is 1.19. The van der Waals surface area contributed by atoms with Crippen molar-refractivity contribution < 1.29 is 14.3 Å². The highest BCUT2D eigenvalue weighted by molar-refractivity contribution is 5.76. The van der Waals surface area contributed by atoms with Crippen LogP contribution in [0.1, 0.15) is 44.7 Å². The first-order valence-corrected chi connectivity index (χ1v) is 11.2. The largest absolute Gasteiger partial charge is 0.494 e. The normalized spacial score (nSPS) is 14.4. The van der Waals surface area contributed by atoms with Crippen LogP contribution in [0.3, 0.4) is 0 Å². The molecule has 1 aliphatic heterocycles. The van der Waals surface area contributed by atoms with Gasteiger partial charge in [-0.15, -0.1) is 0 Å². The Labute approximate surface area is 187 Å². The van der Waals surface area contributed by atoms with E-state index in [4.69, 9.17) is 9.47 Å². The van der Waals surface area contributed by atoms with Crippen molar-refractivity contribution in [1.29, 1.82) is 0 Å². The van der Waals surface area contributed by atoms with Gasteiger partial charge in [-0.25, -0.2) is 0 Å². The third-order valence-corrected chi connectivity index (χ3v) is 5.70. The van der Waals surface area contributed by atoms with Gasteiger partial charge >= 0.3 is 0 Å². The molecule has 5 heteroatoms. The Morgan fingerprint density at radius 2 is 1.74 bits per heavy atom. The predicted octanol–water partition coefficient (Wildman–Crippen LogP) is 4.64. The number of carbonyl (C=O) groups is 1. The second kappa shape index (κ2) is 10.7. The highest BCUT2D eigenvalue weighted by Gasteiger charge is 2.17. The molecular weight excluding hydrogens is 388 g/mol. The van der Waals surface area contributed by atoms with Gasteiger partial charge in [0.1, 0.15) is 5.75 Å². The van der Waals surface area contributed by atoms with Crippen LogP contribution < -0.4 is 9.64 Å². The first-order valence-electron chi connectivity index (χ1n) is 11.2. The molecule has 2 aromatic rings. The van der Waals surface area contributed by atoms with Crippen molar-refractivity contribution in [1.82, 2.24) is 4.90 Å². The van der Waals surface area contributed by atoms with Crippen molar-refractivity contribution in [2.24, 2.45) is 0 Å². The maximum Gasteiger partial charge on any atom is 0.222 e. The highest BCUT2D eigenvalue weighted by atomic mass is 16.5. The van der Waals surface area contributed by atoms with Crippen LogP contribution in [0.2, 0.25) is 0 Å². The maximum absolute atomic E-state index is 12.6. The number of morpholine rings is 1. The van der Waals surface area contributed by atoms with Gasteiger partial charge in [-0.1, -0.05) is 51.1 Å². The van der Waals surface area contributed by atoms with Crippen molar-refractivity contribution in [2.45, 2.75) is 45.6 Å². The molecule has 1 saturated heterocycles. The van der Waals surface area contributed by atoms with Crippen LogP contribution >= 0.6 is 0 Å². The second-order valence-electron chi connectivity index (χ2n) is 9.20. The third kappa shape index (κ3) is 6.73. The van der Waals surface area contributed by atoms with Crippen LogP contribution in [0.5, 0.6) is 5.75 Å². The summed E-state index contributed by atoms with van der Waals surface area (Å²) in [6.45, 7) is 11.0. The molecule has 3 rings (SSSR count). The summed E-state index contributed by atoms with van der Waals surface area (Å²) in [4.78, 5) is 16.8. The topological polar surface area (TPSA) is 42.0 Å². The van der Waals surface area contributed by atoms with Crippen molar-refractivity contribution in [3.05, 3.63) is 59.7 Å². The van der Waals surface area contributed by atoms with E-state index in [-0.39, 0.29) is 11.3 Å². The predicted molar refractivity (Wildman–Crippen MR) is 126 cm³/mol. The van der Waals surface area contributed by atoms with Gasteiger partial charge in [-0.2, -0.15) is 0 Å². The van der Waals surface area contributed by atoms with E-state index < -0.39 is 0 Å². The molecule has 0 N–H and O–H groups in total. The van der Waals surface area contributed by atoms with E-state index in [1.807, 2.05) is 30.1 Å². The van der Waals surface area contributed by atoms with Gasteiger partial charge in [0.05, 0.1) is 19.8 Å². The Kier molecular flexibility index (Phi) is 7.97. The molecule has 0 aromatic heterocycles. The van der Waals surface area contributed by atoms with E-state index in [1.54, 1.807) is 0 Å². The lowest BCUT2D eigenvalue weighted by molar-refractivity contribution is -0.130. The molecule has 0 unspecified atom stereocenters. The molecule has 31 heavy (non-hydrogen) atoms. The molecule has 2 aromatic carbocycles. The van der Waals surface area contributed by atoms with E-state index in [9.17, 15) is 4.79 Å². The monoisotopic (exact) mass is 424 g/mol. The maximum atomic E-state index is 12.6. The van der Waals surface area contributed by atoms with Crippen molar-refractivity contribution in [3.8, 4) is 5.75 Å². The number of amides is 1. The lowest BCUT2D eigenvalue weighted by atomic mass is 9.87. The number of para-hydroxylation sites is 1. The van der Waals surface area contributed by atoms with Crippen LogP contribution in [-0.2, 0) is 21.5 Å². The summed E-state index contributed by atoms with van der Waals surface area (Å²) in [7, 11) is 1.88. The van der Waals surface area contributed by atoms with Crippen LogP contribution in [0, 0.1) is 0 Å². The zero-order chi connectivity index (χ0) is 22.3. The summed E-state index contributed by atoms with van der Waals surface area (Å²) < 4.78 is 11.3. The molecule has 0 aliphatic carbocycles. The minimum atomic E-state index is 0.135. The van der Waals surface area contributed by atoms with E-state index in [1.165, 1.54) is 16.8 Å². The first-order chi connectivity index (χ1) is 14.8. The standard InChI is InChI=1S/C26H36N2O3/c1-26(2,3)22-11-13-23(14-12-22)31-17-7-10-25(29)27(4)20-21-8-5-6-9-24(21)28-15-18-30-19-16-28/h5-6,8-9,11-14H,7,10,15-20H2,1-4H3. The van der Waals surface area contributed by atoms with Crippen LogP contribution in [0.25, 0.3) is 0 Å². The Bertz CT molecular complexity index is 836. The fraction of sp³-hybridized carbons (Fsp3) is 0.500. The van der Waals surface area contributed by atoms with Crippen molar-refractivity contribution >= 4 is 11.6 Å². The second-order valence-corrected chi connectivity index (χ2v) is 9.20. The molecule has 1 amide bonds. The average Bonchev–Trinajstić information content (AvgIpc) is 2.77.